The number of alkyl halides is 1. The first kappa shape index (κ1) is 48.4. The Morgan fingerprint density at radius 3 is 1.68 bits per heavy atom. The molecular weight excluding hydrogens is 773 g/mol. The van der Waals surface area contributed by atoms with Crippen LogP contribution in [0.15, 0.2) is 65.1 Å². The number of phenolic OH excluding ortho intramolecular Hbond substituents is 1. The molecule has 0 atom stereocenters. The number of carboxylic acids is 1. The lowest BCUT2D eigenvalue weighted by atomic mass is 10.2. The van der Waals surface area contributed by atoms with Crippen molar-refractivity contribution in [3.05, 3.63) is 95.0 Å². The molecule has 12 nitrogen and oxygen atoms in total. The Morgan fingerprint density at radius 2 is 1.21 bits per heavy atom. The number of furan rings is 1. The molecule has 0 unspecified atom stereocenters. The third-order valence-corrected chi connectivity index (χ3v) is 6.27. The molecule has 4 aromatic rings. The average Bonchev–Trinajstić information content (AvgIpc) is 3.55. The van der Waals surface area contributed by atoms with Gasteiger partial charge in [-0.1, -0.05) is 15.9 Å². The number of ether oxygens (including phenoxy) is 5. The second kappa shape index (κ2) is 28.9. The third-order valence-electron chi connectivity index (χ3n) is 5.74. The number of aliphatic carboxylic acids is 1. The van der Waals surface area contributed by atoms with Gasteiger partial charge < -0.3 is 38.3 Å². The largest absolute Gasteiger partial charge is 0.507 e. The number of phenols is 1. The van der Waals surface area contributed by atoms with Crippen LogP contribution in [0.2, 0.25) is 0 Å². The summed E-state index contributed by atoms with van der Waals surface area (Å²) in [6, 6.07) is 12.6. The number of carboxylic acid groups (broad SMARTS) is 1. The van der Waals surface area contributed by atoms with Crippen LogP contribution in [0.3, 0.4) is 0 Å². The van der Waals surface area contributed by atoms with Gasteiger partial charge in [0.05, 0.1) is 16.5 Å². The van der Waals surface area contributed by atoms with Crippen molar-refractivity contribution >= 4 is 51.7 Å². The zero-order valence-corrected chi connectivity index (χ0v) is 31.5. The van der Waals surface area contributed by atoms with Gasteiger partial charge in [-0.25, -0.2) is 13.2 Å². The van der Waals surface area contributed by atoms with Crippen molar-refractivity contribution in [2.45, 2.75) is 47.2 Å². The van der Waals surface area contributed by atoms with Crippen LogP contribution < -0.4 is 4.74 Å². The van der Waals surface area contributed by atoms with Crippen molar-refractivity contribution in [2.75, 3.05) is 38.4 Å². The summed E-state index contributed by atoms with van der Waals surface area (Å²) in [5, 5.41) is 17.6. The topological polar surface area (TPSA) is 168 Å². The molecular formula is C37H44BrF3O12. The van der Waals surface area contributed by atoms with Crippen LogP contribution in [0, 0.1) is 17.5 Å². The fraction of sp³-hybridized carbons (Fsp3) is 0.351. The van der Waals surface area contributed by atoms with Gasteiger partial charge in [-0.3, -0.25) is 19.2 Å². The van der Waals surface area contributed by atoms with E-state index in [2.05, 4.69) is 15.9 Å². The summed E-state index contributed by atoms with van der Waals surface area (Å²) in [6.07, 6.45) is 0.981. The lowest BCUT2D eigenvalue weighted by Gasteiger charge is -2.18. The molecule has 0 aliphatic heterocycles. The van der Waals surface area contributed by atoms with Crippen LogP contribution in [0.4, 0.5) is 13.2 Å². The second-order valence-electron chi connectivity index (χ2n) is 9.73. The highest BCUT2D eigenvalue weighted by Crippen LogP contribution is 2.20. The van der Waals surface area contributed by atoms with Gasteiger partial charge in [-0.2, -0.15) is 0 Å². The Labute approximate surface area is 313 Å². The van der Waals surface area contributed by atoms with Crippen molar-refractivity contribution in [3.63, 3.8) is 0 Å². The van der Waals surface area contributed by atoms with Gasteiger partial charge in [0.25, 0.3) is 5.97 Å². The second-order valence-corrected chi connectivity index (χ2v) is 10.4. The molecule has 1 aromatic heterocycles. The minimum absolute atomic E-state index is 0.0278. The molecule has 0 amide bonds. The number of fused-ring (bicyclic) bond motifs is 1. The number of carbonyl (C=O) groups excluding carboxylic acids is 3. The molecule has 0 saturated carbocycles. The fourth-order valence-corrected chi connectivity index (χ4v) is 4.01. The van der Waals surface area contributed by atoms with Gasteiger partial charge >= 0.3 is 0 Å². The average molecular weight is 818 g/mol. The summed E-state index contributed by atoms with van der Waals surface area (Å²) in [5.41, 5.74) is 0.667. The highest BCUT2D eigenvalue weighted by atomic mass is 79.9. The molecule has 0 radical (unpaired) electrons. The molecule has 2 N–H and O–H groups in total. The number of aldehydes is 3. The summed E-state index contributed by atoms with van der Waals surface area (Å²) in [5.74, 6) is -1.83. The summed E-state index contributed by atoms with van der Waals surface area (Å²) in [6.45, 7) is 11.2. The summed E-state index contributed by atoms with van der Waals surface area (Å²) >= 11 is 3.27. The van der Waals surface area contributed by atoms with Gasteiger partial charge in [-0.05, 0) is 88.4 Å². The van der Waals surface area contributed by atoms with Crippen molar-refractivity contribution in [2.24, 2.45) is 0 Å². The van der Waals surface area contributed by atoms with E-state index in [1.54, 1.807) is 0 Å². The molecule has 53 heavy (non-hydrogen) atoms. The Hall–Kier alpha value is -4.61. The number of carbonyl (C=O) groups is 4. The van der Waals surface area contributed by atoms with Crippen molar-refractivity contribution in [3.8, 4) is 11.5 Å². The van der Waals surface area contributed by atoms with E-state index in [1.807, 2.05) is 27.7 Å². The zero-order valence-electron chi connectivity index (χ0n) is 29.9. The minimum atomic E-state index is -0.833. The maximum absolute atomic E-state index is 12.9. The van der Waals surface area contributed by atoms with Gasteiger partial charge in [-0.15, -0.1) is 0 Å². The van der Waals surface area contributed by atoms with Crippen LogP contribution in [0.5, 0.6) is 11.5 Å². The van der Waals surface area contributed by atoms with Crippen LogP contribution >= 0.6 is 15.9 Å². The van der Waals surface area contributed by atoms with Crippen LogP contribution in [0.1, 0.15) is 65.9 Å². The van der Waals surface area contributed by atoms with Crippen LogP contribution in [-0.2, 0) is 23.7 Å². The highest BCUT2D eigenvalue weighted by Gasteiger charge is 2.11. The number of aromatic hydroxyl groups is 1. The minimum Gasteiger partial charge on any atom is -0.507 e. The Morgan fingerprint density at radius 1 is 0.736 bits per heavy atom. The molecule has 0 saturated heterocycles. The maximum atomic E-state index is 12.9. The molecule has 0 aliphatic carbocycles. The Bertz CT molecular complexity index is 1630. The lowest BCUT2D eigenvalue weighted by Crippen LogP contribution is -2.25. The van der Waals surface area contributed by atoms with Gasteiger partial charge in [0.2, 0.25) is 0 Å². The van der Waals surface area contributed by atoms with E-state index < -0.39 is 23.9 Å². The summed E-state index contributed by atoms with van der Waals surface area (Å²) in [7, 11) is 0. The molecule has 0 aliphatic rings. The Kier molecular flexibility index (Phi) is 26.4. The van der Waals surface area contributed by atoms with Gasteiger partial charge in [0.15, 0.2) is 37.2 Å². The molecule has 292 valence electrons. The zero-order chi connectivity index (χ0) is 40.2. The molecule has 16 heteroatoms. The van der Waals surface area contributed by atoms with Gasteiger partial charge in [0.1, 0.15) is 41.1 Å². The maximum Gasteiger partial charge on any atom is 0.300 e. The first-order chi connectivity index (χ1) is 25.3. The molecule has 0 fully saturated rings. The predicted molar refractivity (Wildman–Crippen MR) is 193 cm³/mol. The highest BCUT2D eigenvalue weighted by molar-refractivity contribution is 9.09. The van der Waals surface area contributed by atoms with Crippen molar-refractivity contribution < 1.29 is 70.7 Å². The molecule has 3 aromatic carbocycles. The quantitative estimate of drug-likeness (QED) is 0.0675. The smallest absolute Gasteiger partial charge is 0.300 e. The van der Waals surface area contributed by atoms with E-state index in [9.17, 15) is 27.6 Å². The summed E-state index contributed by atoms with van der Waals surface area (Å²) in [4.78, 5) is 40.1. The SMILES string of the molecule is CC(=O)O.CCOC(CBr)OCC.CCOC(COc1ccc(F)cc1C=O)OCC.O=Cc1cc(F)ccc1O.O=Cc1cc2cc(F)ccc2o1. The van der Waals surface area contributed by atoms with E-state index in [-0.39, 0.29) is 41.4 Å². The normalized spacial score (nSPS) is 10.0. The first-order valence-corrected chi connectivity index (χ1v) is 17.1. The van der Waals surface area contributed by atoms with E-state index >= 15 is 0 Å². The van der Waals surface area contributed by atoms with Gasteiger partial charge in [0, 0.05) is 38.7 Å². The number of rotatable bonds is 15. The number of hydrogen-bond donors (Lipinski definition) is 2. The van der Waals surface area contributed by atoms with E-state index in [0.717, 1.165) is 36.5 Å². The molecule has 4 rings (SSSR count). The van der Waals surface area contributed by atoms with E-state index in [4.69, 9.17) is 43.1 Å². The van der Waals surface area contributed by atoms with Crippen molar-refractivity contribution in [1.82, 2.24) is 0 Å². The number of benzene rings is 3. The van der Waals surface area contributed by atoms with Crippen LogP contribution in [0.25, 0.3) is 11.0 Å². The molecule has 0 spiro atoms. The van der Waals surface area contributed by atoms with E-state index in [0.29, 0.717) is 62.0 Å². The monoisotopic (exact) mass is 816 g/mol. The lowest BCUT2D eigenvalue weighted by molar-refractivity contribution is -0.152. The Balaban J connectivity index is 0.000000680. The third kappa shape index (κ3) is 21.5. The predicted octanol–water partition coefficient (Wildman–Crippen LogP) is 8.02. The van der Waals surface area contributed by atoms with Crippen molar-refractivity contribution in [1.29, 1.82) is 0 Å². The van der Waals surface area contributed by atoms with Crippen LogP contribution in [-0.4, -0.2) is 86.0 Å². The standard InChI is InChI=1S/C13H17FO4.C9H5FO2.C7H5FO2.C6H13BrO2.C2H4O2/c1-3-16-13(17-4-2)9-18-12-6-5-11(14)7-10(12)8-15;10-7-1-2-9-6(3-7)4-8(5-11)12-9;8-6-1-2-7(10)5(3-6)4-9;1-3-8-6(5-7)9-4-2;1-2(3)4/h5-8,13H,3-4,9H2,1-2H3;1-5H;1-4,10H;6H,3-5H2,1-2H3;1H3,(H,3,4). The van der Waals surface area contributed by atoms with E-state index in [1.165, 1.54) is 36.4 Å². The number of hydrogen-bond acceptors (Lipinski definition) is 11. The first-order valence-electron chi connectivity index (χ1n) is 16.0. The summed E-state index contributed by atoms with van der Waals surface area (Å²) < 4.78 is 69.1. The molecule has 1 heterocycles. The number of halogens is 4. The molecule has 0 bridgehead atoms. The fourth-order valence-electron chi connectivity index (χ4n) is 3.64.